The van der Waals surface area contributed by atoms with E-state index in [1.54, 1.807) is 0 Å². The first-order valence-electron chi connectivity index (χ1n) is 35.4. The van der Waals surface area contributed by atoms with Crippen LogP contribution >= 0.6 is 39.5 Å². The van der Waals surface area contributed by atoms with E-state index in [1.807, 2.05) is 0 Å². The van der Waals surface area contributed by atoms with Crippen molar-refractivity contribution >= 4 is 170 Å². The first-order chi connectivity index (χ1) is 50.3. The summed E-state index contributed by atoms with van der Waals surface area (Å²) in [6.07, 6.45) is 0. The Bertz CT molecular complexity index is 5780. The van der Waals surface area contributed by atoms with Gasteiger partial charge in [-0.3, -0.25) is 0 Å². The lowest BCUT2D eigenvalue weighted by Crippen LogP contribution is -2.33. The molecule has 0 unspecified atom stereocenters. The third kappa shape index (κ3) is 12.7. The Morgan fingerprint density at radius 1 is 0.272 bits per heavy atom. The molecule has 0 radical (unpaired) electrons. The van der Waals surface area contributed by atoms with Crippen molar-refractivity contribution in [2.45, 2.75) is 79.6 Å². The second kappa shape index (κ2) is 28.6. The van der Waals surface area contributed by atoms with Gasteiger partial charge in [-0.25, -0.2) is 0 Å². The van der Waals surface area contributed by atoms with E-state index in [-0.39, 0.29) is 29.5 Å². The monoisotopic (exact) mass is 1420 g/mol. The van der Waals surface area contributed by atoms with E-state index in [0.29, 0.717) is 0 Å². The molecule has 2 atom stereocenters. The van der Waals surface area contributed by atoms with Crippen molar-refractivity contribution in [3.8, 4) is 0 Å². The first kappa shape index (κ1) is 67.4. The van der Waals surface area contributed by atoms with E-state index < -0.39 is 16.3 Å². The smallest absolute Gasteiger partial charge is 0.310 e. The zero-order chi connectivity index (χ0) is 70.6. The van der Waals surface area contributed by atoms with Gasteiger partial charge in [0.15, 0.2) is 0 Å². The van der Waals surface area contributed by atoms with E-state index in [0.717, 1.165) is 65.4 Å². The second-order valence-electron chi connectivity index (χ2n) is 27.6. The summed E-state index contributed by atoms with van der Waals surface area (Å²) in [5.74, 6) is 0. The SMILES string of the molecule is Cc1cc(C)cc([C@@H](c2cc3ccccc3c3ccccc23)N(C(C)C)p2oc3ccc4ccccc4c3c3c(ccc4ccccc43)o2)c1.Cc1cc(C)cc([C@@H](c2cc3ccccc3c3ccccc23)N(C(C)C)p2oc3ccc4ccccc4c3c3c(ccc4ccccc43)o2)c1.ClCCl. The first-order valence-corrected chi connectivity index (χ1v) is 38.7. The Labute approximate surface area is 612 Å². The van der Waals surface area contributed by atoms with Crippen LogP contribution in [0.25, 0.3) is 130 Å². The van der Waals surface area contributed by atoms with E-state index in [1.165, 1.54) is 109 Å². The highest BCUT2D eigenvalue weighted by Gasteiger charge is 2.35. The van der Waals surface area contributed by atoms with Gasteiger partial charge in [-0.1, -0.05) is 277 Å². The fraction of sp³-hybridized carbons (Fsp3) is 0.140. The number of rotatable bonds is 10. The third-order valence-corrected chi connectivity index (χ3v) is 23.6. The fourth-order valence-corrected chi connectivity index (χ4v) is 19.4. The largest absolute Gasteiger partial charge is 0.408 e. The number of hydrogen-bond acceptors (Lipinski definition) is 6. The van der Waals surface area contributed by atoms with Gasteiger partial charge in [-0.2, -0.15) is 9.34 Å². The summed E-state index contributed by atoms with van der Waals surface area (Å²) in [7, 11) is -3.31. The molecule has 18 rings (SSSR count). The van der Waals surface area contributed by atoms with Gasteiger partial charge in [0.1, 0.15) is 22.3 Å². The standard InChI is InChI=1S/2C46H38NO2P.CH2Cl2/c2*1-29(2)47(46(35-26-30(3)25-31(4)27-35)41-28-34-15-7-8-16-36(34)39-19-11-12-20-40(39)41)50-48-42-23-21-32-13-5-9-17-37(32)44(42)45-38-18-10-6-14-33(38)22-24-43(45)49-50;2-1-3/h2*5-29,46H,1-4H3;1H2/t2*46-;/m00./s1. The molecule has 10 heteroatoms. The minimum Gasteiger partial charge on any atom is -0.408 e. The number of benzene rings is 16. The molecule has 0 saturated heterocycles. The predicted molar refractivity (Wildman–Crippen MR) is 444 cm³/mol. The molecule has 0 fully saturated rings. The molecule has 0 N–H and O–H groups in total. The van der Waals surface area contributed by atoms with Crippen LogP contribution in [0.4, 0.5) is 0 Å². The molecule has 16 aromatic carbocycles. The number of nitrogens with zero attached hydrogens (tertiary/aromatic N) is 2. The summed E-state index contributed by atoms with van der Waals surface area (Å²) in [5.41, 5.74) is 13.3. The van der Waals surface area contributed by atoms with Crippen LogP contribution in [0.15, 0.2) is 308 Å². The van der Waals surface area contributed by atoms with Gasteiger partial charge >= 0.3 is 16.3 Å². The maximum absolute atomic E-state index is 7.27. The molecule has 18 aromatic rings. The fourth-order valence-electron chi connectivity index (χ4n) is 16.0. The summed E-state index contributed by atoms with van der Waals surface area (Å²) in [6, 6.07) is 105. The highest BCUT2D eigenvalue weighted by atomic mass is 35.5. The lowest BCUT2D eigenvalue weighted by molar-refractivity contribution is 0.576. The van der Waals surface area contributed by atoms with Gasteiger partial charge in [0.2, 0.25) is 0 Å². The molecule has 0 saturated carbocycles. The molecule has 0 spiro atoms. The van der Waals surface area contributed by atoms with Gasteiger partial charge in [-0.15, -0.1) is 23.2 Å². The maximum atomic E-state index is 7.27. The Morgan fingerprint density at radius 2 is 0.505 bits per heavy atom. The van der Waals surface area contributed by atoms with Crippen molar-refractivity contribution in [1.82, 2.24) is 0 Å². The zero-order valence-corrected chi connectivity index (χ0v) is 62.2. The van der Waals surface area contributed by atoms with Gasteiger partial charge in [0, 0.05) is 33.6 Å². The van der Waals surface area contributed by atoms with E-state index in [4.69, 9.17) is 40.0 Å². The van der Waals surface area contributed by atoms with Crippen LogP contribution in [-0.4, -0.2) is 17.4 Å². The lowest BCUT2D eigenvalue weighted by atomic mass is 9.89. The molecule has 0 bridgehead atoms. The number of fused-ring (bicyclic) bond motifs is 20. The molecule has 6 nitrogen and oxygen atoms in total. The Hall–Kier alpha value is -10.1. The molecule has 103 heavy (non-hydrogen) atoms. The molecular formula is C93H78Cl2N2O4P2. The van der Waals surface area contributed by atoms with E-state index in [2.05, 4.69) is 356 Å². The molecule has 2 aromatic heterocycles. The molecule has 2 heterocycles. The minimum atomic E-state index is -1.66. The quantitative estimate of drug-likeness (QED) is 0.100. The molecular weight excluding hydrogens is 1340 g/mol. The van der Waals surface area contributed by atoms with Crippen LogP contribution < -0.4 is 9.34 Å². The van der Waals surface area contributed by atoms with Crippen LogP contribution in [0.3, 0.4) is 0 Å². The van der Waals surface area contributed by atoms with Gasteiger partial charge in [0.25, 0.3) is 0 Å². The van der Waals surface area contributed by atoms with Crippen molar-refractivity contribution in [3.05, 3.63) is 336 Å². The van der Waals surface area contributed by atoms with Gasteiger partial charge in [0.05, 0.1) is 17.4 Å². The lowest BCUT2D eigenvalue weighted by Gasteiger charge is -2.34. The number of aryl methyl sites for hydroxylation is 4. The van der Waals surface area contributed by atoms with Crippen molar-refractivity contribution in [2.75, 3.05) is 14.7 Å². The third-order valence-electron chi connectivity index (χ3n) is 20.0. The topological polar surface area (TPSA) is 59.0 Å². The number of hydrogen-bond donors (Lipinski definition) is 0. The van der Waals surface area contributed by atoms with Crippen molar-refractivity contribution in [2.24, 2.45) is 0 Å². The second-order valence-corrected chi connectivity index (χ2v) is 31.1. The minimum absolute atomic E-state index is 0.0723. The van der Waals surface area contributed by atoms with Crippen LogP contribution in [0.5, 0.6) is 0 Å². The molecule has 0 aliphatic carbocycles. The Balaban J connectivity index is 0.000000153. The zero-order valence-electron chi connectivity index (χ0n) is 58.9. The van der Waals surface area contributed by atoms with Crippen molar-refractivity contribution in [3.63, 3.8) is 0 Å². The summed E-state index contributed by atoms with van der Waals surface area (Å²) in [4.78, 5) is 0. The van der Waals surface area contributed by atoms with Crippen LogP contribution in [0.1, 0.15) is 84.3 Å². The van der Waals surface area contributed by atoms with Crippen LogP contribution in [0.2, 0.25) is 0 Å². The average Bonchev–Trinajstić information content (AvgIpc) is 1.74. The predicted octanol–water partition coefficient (Wildman–Crippen LogP) is 28.7. The van der Waals surface area contributed by atoms with Gasteiger partial charge < -0.3 is 16.8 Å². The van der Waals surface area contributed by atoms with Crippen molar-refractivity contribution in [1.29, 1.82) is 0 Å². The molecule has 0 aliphatic rings. The van der Waals surface area contributed by atoms with E-state index in [9.17, 15) is 0 Å². The van der Waals surface area contributed by atoms with Crippen LogP contribution in [0, 0.1) is 27.7 Å². The summed E-state index contributed by atoms with van der Waals surface area (Å²) in [5, 5.41) is 23.8. The molecule has 508 valence electrons. The van der Waals surface area contributed by atoms with Crippen molar-refractivity contribution < 1.29 is 16.8 Å². The maximum Gasteiger partial charge on any atom is 0.310 e. The van der Waals surface area contributed by atoms with Gasteiger partial charge in [-0.05, 0) is 200 Å². The Morgan fingerprint density at radius 3 is 0.777 bits per heavy atom. The Kier molecular flexibility index (Phi) is 18.7. The van der Waals surface area contributed by atoms with Crippen LogP contribution in [-0.2, 0) is 0 Å². The average molecular weight is 1420 g/mol. The number of halogens is 2. The molecule has 0 aliphatic heterocycles. The highest BCUT2D eigenvalue weighted by molar-refractivity contribution is 7.39. The normalized spacial score (nSPS) is 12.5. The molecule has 0 amide bonds. The highest BCUT2D eigenvalue weighted by Crippen LogP contribution is 2.52. The van der Waals surface area contributed by atoms with E-state index >= 15 is 0 Å². The summed E-state index contributed by atoms with van der Waals surface area (Å²) >= 11 is 9.53. The summed E-state index contributed by atoms with van der Waals surface area (Å²) < 4.78 is 34.1. The number of alkyl halides is 2. The summed E-state index contributed by atoms with van der Waals surface area (Å²) in [6.45, 7) is 17.8.